The molecule has 2 aromatic carbocycles. The molecule has 31 heavy (non-hydrogen) atoms. The Hall–Kier alpha value is -4.01. The molecule has 154 valence electrons. The first kappa shape index (κ1) is 19.0. The molecular formula is C22H16F2N6O. The van der Waals surface area contributed by atoms with Gasteiger partial charge in [0.05, 0.1) is 17.6 Å². The van der Waals surface area contributed by atoms with Gasteiger partial charge in [-0.2, -0.15) is 14.9 Å². The van der Waals surface area contributed by atoms with Gasteiger partial charge in [-0.1, -0.05) is 42.5 Å². The fraction of sp³-hybridized carbons (Fsp3) is 0.136. The van der Waals surface area contributed by atoms with Crippen molar-refractivity contribution in [3.63, 3.8) is 0 Å². The molecule has 3 heterocycles. The Balaban J connectivity index is 1.65. The van der Waals surface area contributed by atoms with E-state index in [9.17, 15) is 13.6 Å². The molecule has 0 bridgehead atoms. The molecule has 4 aromatic rings. The number of nitrogens with zero attached hydrogens (tertiary/aromatic N) is 5. The molecule has 0 saturated heterocycles. The number of anilines is 1. The van der Waals surface area contributed by atoms with Crippen LogP contribution in [0.15, 0.2) is 54.7 Å². The number of amides is 1. The van der Waals surface area contributed by atoms with Crippen LogP contribution in [0, 0.1) is 18.6 Å². The zero-order valence-electron chi connectivity index (χ0n) is 16.4. The molecule has 2 aromatic heterocycles. The average Bonchev–Trinajstić information content (AvgIpc) is 3.12. The van der Waals surface area contributed by atoms with Crippen molar-refractivity contribution in [2.24, 2.45) is 0 Å². The summed E-state index contributed by atoms with van der Waals surface area (Å²) in [6.07, 6.45) is 1.51. The fourth-order valence-corrected chi connectivity index (χ4v) is 3.88. The highest BCUT2D eigenvalue weighted by Gasteiger charge is 2.35. The van der Waals surface area contributed by atoms with Crippen LogP contribution in [0.5, 0.6) is 0 Å². The lowest BCUT2D eigenvalue weighted by Crippen LogP contribution is -2.26. The summed E-state index contributed by atoms with van der Waals surface area (Å²) in [6, 6.07) is 13.4. The van der Waals surface area contributed by atoms with Crippen molar-refractivity contribution in [1.29, 1.82) is 0 Å². The van der Waals surface area contributed by atoms with E-state index < -0.39 is 17.6 Å². The number of nitrogens with one attached hydrogen (secondary N) is 1. The molecule has 9 heteroatoms. The number of benzene rings is 2. The summed E-state index contributed by atoms with van der Waals surface area (Å²) >= 11 is 0. The van der Waals surface area contributed by atoms with Crippen molar-refractivity contribution in [2.75, 3.05) is 5.32 Å². The number of carbonyl (C=O) groups excluding carboxylic acids is 1. The second-order valence-corrected chi connectivity index (χ2v) is 7.22. The summed E-state index contributed by atoms with van der Waals surface area (Å²) in [5, 5.41) is 15.3. The monoisotopic (exact) mass is 418 g/mol. The third kappa shape index (κ3) is 3.24. The van der Waals surface area contributed by atoms with Gasteiger partial charge < -0.3 is 5.32 Å². The van der Waals surface area contributed by atoms with Crippen LogP contribution in [0.3, 0.4) is 0 Å². The first-order valence-electron chi connectivity index (χ1n) is 9.61. The van der Waals surface area contributed by atoms with Crippen LogP contribution in [0.1, 0.15) is 29.2 Å². The molecule has 1 atom stereocenters. The fourth-order valence-electron chi connectivity index (χ4n) is 3.88. The third-order valence-corrected chi connectivity index (χ3v) is 5.27. The van der Waals surface area contributed by atoms with Gasteiger partial charge in [-0.25, -0.2) is 13.8 Å². The lowest BCUT2D eigenvalue weighted by atomic mass is 9.85. The Morgan fingerprint density at radius 3 is 2.71 bits per heavy atom. The Morgan fingerprint density at radius 2 is 1.90 bits per heavy atom. The van der Waals surface area contributed by atoms with Gasteiger partial charge in [-0.15, -0.1) is 5.10 Å². The van der Waals surface area contributed by atoms with Gasteiger partial charge in [-0.05, 0) is 18.6 Å². The van der Waals surface area contributed by atoms with Gasteiger partial charge in [0.2, 0.25) is 5.91 Å². The topological polar surface area (TPSA) is 85.6 Å². The van der Waals surface area contributed by atoms with Crippen LogP contribution >= 0.6 is 0 Å². The van der Waals surface area contributed by atoms with Crippen molar-refractivity contribution in [1.82, 2.24) is 25.0 Å². The average molecular weight is 418 g/mol. The second-order valence-electron chi connectivity index (χ2n) is 7.22. The number of aryl methyl sites for hydroxylation is 1. The van der Waals surface area contributed by atoms with E-state index >= 15 is 0 Å². The molecule has 1 amide bonds. The summed E-state index contributed by atoms with van der Waals surface area (Å²) in [5.41, 5.74) is 2.69. The zero-order chi connectivity index (χ0) is 21.5. The molecular weight excluding hydrogens is 402 g/mol. The molecule has 1 N–H and O–H groups in total. The molecule has 5 rings (SSSR count). The lowest BCUT2D eigenvalue weighted by molar-refractivity contribution is -0.116. The molecule has 0 radical (unpaired) electrons. The largest absolute Gasteiger partial charge is 0.310 e. The van der Waals surface area contributed by atoms with Crippen LogP contribution in [-0.4, -0.2) is 30.9 Å². The minimum absolute atomic E-state index is 0.0247. The van der Waals surface area contributed by atoms with Gasteiger partial charge in [0.15, 0.2) is 11.6 Å². The van der Waals surface area contributed by atoms with Gasteiger partial charge in [0.25, 0.3) is 5.95 Å². The summed E-state index contributed by atoms with van der Waals surface area (Å²) in [5.74, 6) is -2.46. The van der Waals surface area contributed by atoms with Crippen LogP contribution in [0.2, 0.25) is 0 Å². The van der Waals surface area contributed by atoms with Gasteiger partial charge >= 0.3 is 0 Å². The minimum atomic E-state index is -0.968. The number of hydrogen-bond donors (Lipinski definition) is 1. The first-order chi connectivity index (χ1) is 15.0. The summed E-state index contributed by atoms with van der Waals surface area (Å²) in [4.78, 5) is 17.0. The zero-order valence-corrected chi connectivity index (χ0v) is 16.4. The van der Waals surface area contributed by atoms with Crippen LogP contribution in [0.25, 0.3) is 17.2 Å². The number of carbonyl (C=O) groups is 1. The molecule has 0 unspecified atom stereocenters. The number of aromatic nitrogens is 5. The lowest BCUT2D eigenvalue weighted by Gasteiger charge is -2.24. The number of halogens is 2. The quantitative estimate of drug-likeness (QED) is 0.547. The standard InChI is InChI=1S/C22H16F2N6O/c1-12-19-15(14-8-5-9-16(23)20(14)24)10-18(31)27-21(19)30(29-12)22-26-17(11-25-28-22)13-6-3-2-4-7-13/h2-9,11,15H,10H2,1H3,(H,27,31)/t15-/m1/s1. The highest BCUT2D eigenvalue weighted by Crippen LogP contribution is 2.41. The maximum atomic E-state index is 14.5. The van der Waals surface area contributed by atoms with Crippen molar-refractivity contribution in [2.45, 2.75) is 19.3 Å². The van der Waals surface area contributed by atoms with Crippen molar-refractivity contribution in [3.8, 4) is 17.2 Å². The Kier molecular flexibility index (Phi) is 4.50. The maximum Gasteiger partial charge on any atom is 0.272 e. The van der Waals surface area contributed by atoms with E-state index in [2.05, 4.69) is 25.6 Å². The summed E-state index contributed by atoms with van der Waals surface area (Å²) in [7, 11) is 0. The predicted molar refractivity (Wildman–Crippen MR) is 109 cm³/mol. The molecule has 0 saturated carbocycles. The Morgan fingerprint density at radius 1 is 1.10 bits per heavy atom. The predicted octanol–water partition coefficient (Wildman–Crippen LogP) is 3.79. The van der Waals surface area contributed by atoms with E-state index in [1.54, 1.807) is 6.92 Å². The Labute approximate surface area is 175 Å². The third-order valence-electron chi connectivity index (χ3n) is 5.27. The van der Waals surface area contributed by atoms with E-state index in [0.717, 1.165) is 11.6 Å². The van der Waals surface area contributed by atoms with Crippen LogP contribution < -0.4 is 5.32 Å². The molecule has 0 fully saturated rings. The maximum absolute atomic E-state index is 14.5. The second kappa shape index (κ2) is 7.35. The first-order valence-corrected chi connectivity index (χ1v) is 9.61. The highest BCUT2D eigenvalue weighted by molar-refractivity contribution is 5.95. The van der Waals surface area contributed by atoms with Gasteiger partial charge in [-0.3, -0.25) is 4.79 Å². The van der Waals surface area contributed by atoms with E-state index in [4.69, 9.17) is 0 Å². The molecule has 0 aliphatic carbocycles. The smallest absolute Gasteiger partial charge is 0.272 e. The van der Waals surface area contributed by atoms with E-state index in [-0.39, 0.29) is 23.8 Å². The number of rotatable bonds is 3. The minimum Gasteiger partial charge on any atom is -0.310 e. The number of fused-ring (bicyclic) bond motifs is 1. The number of hydrogen-bond acceptors (Lipinski definition) is 5. The van der Waals surface area contributed by atoms with Crippen molar-refractivity contribution >= 4 is 11.7 Å². The van der Waals surface area contributed by atoms with Gasteiger partial charge in [0.1, 0.15) is 5.82 Å². The molecule has 1 aliphatic heterocycles. The van der Waals surface area contributed by atoms with Crippen LogP contribution in [0.4, 0.5) is 14.6 Å². The van der Waals surface area contributed by atoms with E-state index in [0.29, 0.717) is 22.8 Å². The molecule has 7 nitrogen and oxygen atoms in total. The van der Waals surface area contributed by atoms with Crippen molar-refractivity contribution < 1.29 is 13.6 Å². The van der Waals surface area contributed by atoms with E-state index in [1.807, 2.05) is 30.3 Å². The summed E-state index contributed by atoms with van der Waals surface area (Å²) < 4.78 is 29.8. The van der Waals surface area contributed by atoms with Gasteiger partial charge in [0, 0.05) is 23.5 Å². The van der Waals surface area contributed by atoms with Crippen LogP contribution in [-0.2, 0) is 4.79 Å². The molecule has 0 spiro atoms. The SMILES string of the molecule is Cc1nn(-c2nncc(-c3ccccc3)n2)c2c1[C@@H](c1cccc(F)c1F)CC(=O)N2. The summed E-state index contributed by atoms with van der Waals surface area (Å²) in [6.45, 7) is 1.74. The normalized spacial score (nSPS) is 15.5. The molecule has 1 aliphatic rings. The Bertz CT molecular complexity index is 1300. The van der Waals surface area contributed by atoms with Crippen molar-refractivity contribution in [3.05, 3.63) is 83.2 Å². The highest BCUT2D eigenvalue weighted by atomic mass is 19.2. The van der Waals surface area contributed by atoms with E-state index in [1.165, 1.54) is 23.0 Å².